The smallest absolute Gasteiger partial charge is 0.123 e. The number of aliphatic hydroxyl groups is 1. The highest BCUT2D eigenvalue weighted by Crippen LogP contribution is 2.34. The first-order valence-electron chi connectivity index (χ1n) is 9.07. The average Bonchev–Trinajstić information content (AvgIpc) is 3.11. The predicted octanol–water partition coefficient (Wildman–Crippen LogP) is 5.42. The first-order chi connectivity index (χ1) is 13.1. The molecule has 0 fully saturated rings. The maximum atomic E-state index is 13.4. The molecule has 0 aliphatic heterocycles. The SMILES string of the molecule is CC(C)c1c(CO)c(-c2ccc(F)cc2)nn2c(-c3ccccc3)ccc12. The molecular formula is C23H21FN2O. The second-order valence-corrected chi connectivity index (χ2v) is 6.94. The van der Waals surface area contributed by atoms with E-state index in [0.717, 1.165) is 33.5 Å². The average molecular weight is 360 g/mol. The van der Waals surface area contributed by atoms with Gasteiger partial charge in [0, 0.05) is 16.7 Å². The Morgan fingerprint density at radius 1 is 0.926 bits per heavy atom. The molecule has 0 bridgehead atoms. The number of aliphatic hydroxyl groups excluding tert-OH is 1. The van der Waals surface area contributed by atoms with Crippen LogP contribution in [0.3, 0.4) is 0 Å². The van der Waals surface area contributed by atoms with Gasteiger partial charge in [-0.2, -0.15) is 5.10 Å². The van der Waals surface area contributed by atoms with Gasteiger partial charge in [0.05, 0.1) is 23.5 Å². The highest BCUT2D eigenvalue weighted by molar-refractivity contribution is 5.75. The van der Waals surface area contributed by atoms with Gasteiger partial charge in [-0.3, -0.25) is 0 Å². The molecule has 0 unspecified atom stereocenters. The minimum absolute atomic E-state index is 0.116. The molecule has 3 nitrogen and oxygen atoms in total. The third-order valence-electron chi connectivity index (χ3n) is 4.87. The van der Waals surface area contributed by atoms with Crippen LogP contribution in [0.4, 0.5) is 4.39 Å². The van der Waals surface area contributed by atoms with Crippen LogP contribution in [0.15, 0.2) is 66.7 Å². The van der Waals surface area contributed by atoms with Crippen molar-refractivity contribution in [2.24, 2.45) is 0 Å². The van der Waals surface area contributed by atoms with Crippen molar-refractivity contribution in [3.05, 3.63) is 83.7 Å². The predicted molar refractivity (Wildman–Crippen MR) is 106 cm³/mol. The summed E-state index contributed by atoms with van der Waals surface area (Å²) in [7, 11) is 0. The third-order valence-corrected chi connectivity index (χ3v) is 4.87. The Balaban J connectivity index is 2.06. The molecule has 0 spiro atoms. The van der Waals surface area contributed by atoms with Crippen LogP contribution in [0, 0.1) is 5.82 Å². The van der Waals surface area contributed by atoms with Crippen molar-refractivity contribution in [1.82, 2.24) is 9.61 Å². The summed E-state index contributed by atoms with van der Waals surface area (Å²) in [4.78, 5) is 0. The molecule has 2 heterocycles. The van der Waals surface area contributed by atoms with E-state index < -0.39 is 0 Å². The van der Waals surface area contributed by atoms with Gasteiger partial charge in [-0.25, -0.2) is 8.91 Å². The molecule has 0 saturated heterocycles. The van der Waals surface area contributed by atoms with Gasteiger partial charge in [-0.1, -0.05) is 44.2 Å². The standard InChI is InChI=1S/C23H21FN2O/c1-15(2)22-19(14-27)23(17-8-10-18(24)11-9-17)25-26-20(12-13-21(22)26)16-6-4-3-5-7-16/h3-13,15,27H,14H2,1-2H3. The summed E-state index contributed by atoms with van der Waals surface area (Å²) < 4.78 is 15.3. The highest BCUT2D eigenvalue weighted by atomic mass is 19.1. The molecule has 0 atom stereocenters. The number of fused-ring (bicyclic) bond motifs is 1. The zero-order valence-corrected chi connectivity index (χ0v) is 15.4. The van der Waals surface area contributed by atoms with E-state index in [2.05, 4.69) is 38.1 Å². The van der Waals surface area contributed by atoms with E-state index in [4.69, 9.17) is 5.10 Å². The zero-order valence-electron chi connectivity index (χ0n) is 15.4. The lowest BCUT2D eigenvalue weighted by molar-refractivity contribution is 0.280. The minimum atomic E-state index is -0.291. The van der Waals surface area contributed by atoms with Crippen molar-refractivity contribution >= 4 is 5.52 Å². The second-order valence-electron chi connectivity index (χ2n) is 6.94. The molecule has 1 N–H and O–H groups in total. The Labute approximate surface area is 157 Å². The van der Waals surface area contributed by atoms with Gasteiger partial charge in [0.15, 0.2) is 0 Å². The molecule has 0 aliphatic carbocycles. The van der Waals surface area contributed by atoms with Crippen LogP contribution >= 0.6 is 0 Å². The van der Waals surface area contributed by atoms with Gasteiger partial charge in [0.1, 0.15) is 5.82 Å². The van der Waals surface area contributed by atoms with Crippen molar-refractivity contribution in [3.8, 4) is 22.5 Å². The maximum Gasteiger partial charge on any atom is 0.123 e. The first-order valence-corrected chi connectivity index (χ1v) is 9.07. The topological polar surface area (TPSA) is 37.5 Å². The van der Waals surface area contributed by atoms with Crippen LogP contribution in [-0.2, 0) is 6.61 Å². The maximum absolute atomic E-state index is 13.4. The zero-order chi connectivity index (χ0) is 19.0. The van der Waals surface area contributed by atoms with E-state index >= 15 is 0 Å². The van der Waals surface area contributed by atoms with E-state index in [-0.39, 0.29) is 18.3 Å². The normalized spacial score (nSPS) is 11.4. The second kappa shape index (κ2) is 6.97. The molecule has 2 aromatic heterocycles. The number of rotatable bonds is 4. The van der Waals surface area contributed by atoms with E-state index in [1.54, 1.807) is 12.1 Å². The summed E-state index contributed by atoms with van der Waals surface area (Å²) in [5.74, 6) is -0.0872. The number of benzene rings is 2. The quantitative estimate of drug-likeness (QED) is 0.527. The summed E-state index contributed by atoms with van der Waals surface area (Å²) in [6.07, 6.45) is 0. The summed E-state index contributed by atoms with van der Waals surface area (Å²) in [6.45, 7) is 4.10. The van der Waals surface area contributed by atoms with Gasteiger partial charge in [-0.15, -0.1) is 0 Å². The highest BCUT2D eigenvalue weighted by Gasteiger charge is 2.20. The monoisotopic (exact) mass is 360 g/mol. The van der Waals surface area contributed by atoms with Crippen molar-refractivity contribution in [2.75, 3.05) is 0 Å². The number of hydrogen-bond acceptors (Lipinski definition) is 2. The van der Waals surface area contributed by atoms with E-state index in [1.807, 2.05) is 22.7 Å². The van der Waals surface area contributed by atoms with Crippen LogP contribution in [-0.4, -0.2) is 14.7 Å². The van der Waals surface area contributed by atoms with Crippen LogP contribution < -0.4 is 0 Å². The fraction of sp³-hybridized carbons (Fsp3) is 0.174. The van der Waals surface area contributed by atoms with Gasteiger partial charge in [0.25, 0.3) is 0 Å². The summed E-state index contributed by atoms with van der Waals surface area (Å²) in [6, 6.07) is 20.5. The lowest BCUT2D eigenvalue weighted by Gasteiger charge is -2.18. The molecule has 2 aromatic carbocycles. The Bertz CT molecular complexity index is 1080. The molecule has 0 radical (unpaired) electrons. The summed E-state index contributed by atoms with van der Waals surface area (Å²) >= 11 is 0. The Kier molecular flexibility index (Phi) is 4.50. The summed E-state index contributed by atoms with van der Waals surface area (Å²) in [5, 5.41) is 15.0. The van der Waals surface area contributed by atoms with Crippen LogP contribution in [0.2, 0.25) is 0 Å². The molecule has 4 heteroatoms. The molecule has 27 heavy (non-hydrogen) atoms. The number of hydrogen-bond donors (Lipinski definition) is 1. The van der Waals surface area contributed by atoms with Crippen LogP contribution in [0.25, 0.3) is 28.0 Å². The fourth-order valence-electron chi connectivity index (χ4n) is 3.65. The van der Waals surface area contributed by atoms with E-state index in [0.29, 0.717) is 5.69 Å². The van der Waals surface area contributed by atoms with Gasteiger partial charge in [-0.05, 0) is 47.9 Å². The summed E-state index contributed by atoms with van der Waals surface area (Å²) in [5.41, 5.74) is 6.37. The minimum Gasteiger partial charge on any atom is -0.392 e. The third kappa shape index (κ3) is 3.02. The Hall–Kier alpha value is -2.98. The van der Waals surface area contributed by atoms with E-state index in [1.165, 1.54) is 12.1 Å². The van der Waals surface area contributed by atoms with Gasteiger partial charge < -0.3 is 5.11 Å². The first kappa shape index (κ1) is 17.4. The van der Waals surface area contributed by atoms with E-state index in [9.17, 15) is 9.50 Å². The fourth-order valence-corrected chi connectivity index (χ4v) is 3.65. The Morgan fingerprint density at radius 3 is 2.26 bits per heavy atom. The van der Waals surface area contributed by atoms with Gasteiger partial charge in [0.2, 0.25) is 0 Å². The Morgan fingerprint density at radius 2 is 1.63 bits per heavy atom. The molecule has 4 aromatic rings. The lowest BCUT2D eigenvalue weighted by Crippen LogP contribution is -2.08. The van der Waals surface area contributed by atoms with Crippen LogP contribution in [0.1, 0.15) is 30.9 Å². The molecule has 0 saturated carbocycles. The van der Waals surface area contributed by atoms with Crippen molar-refractivity contribution in [1.29, 1.82) is 0 Å². The van der Waals surface area contributed by atoms with Crippen molar-refractivity contribution in [2.45, 2.75) is 26.4 Å². The number of nitrogens with zero attached hydrogens (tertiary/aromatic N) is 2. The number of halogens is 1. The van der Waals surface area contributed by atoms with Crippen LogP contribution in [0.5, 0.6) is 0 Å². The molecule has 4 rings (SSSR count). The van der Waals surface area contributed by atoms with Gasteiger partial charge >= 0.3 is 0 Å². The molecule has 0 aliphatic rings. The largest absolute Gasteiger partial charge is 0.392 e. The lowest BCUT2D eigenvalue weighted by atomic mass is 9.94. The molecule has 0 amide bonds. The number of aromatic nitrogens is 2. The van der Waals surface area contributed by atoms with Crippen molar-refractivity contribution in [3.63, 3.8) is 0 Å². The van der Waals surface area contributed by atoms with Crippen molar-refractivity contribution < 1.29 is 9.50 Å². The molecule has 136 valence electrons. The molecular weight excluding hydrogens is 339 g/mol.